The Morgan fingerprint density at radius 1 is 1.33 bits per heavy atom. The van der Waals surface area contributed by atoms with Gasteiger partial charge in [0.1, 0.15) is 11.0 Å². The summed E-state index contributed by atoms with van der Waals surface area (Å²) >= 11 is 5.43. The van der Waals surface area contributed by atoms with E-state index in [-0.39, 0.29) is 11.6 Å². The standard InChI is InChI=1S/C11H7ClF3N3O3/c1-21-6-4-8(19)18(10(6)20)17-7-3-2-5(9(12)16-7)11(13,14)15/h2-4H,1H3,(H,16,17). The van der Waals surface area contributed by atoms with E-state index in [9.17, 15) is 22.8 Å². The molecule has 1 N–H and O–H groups in total. The topological polar surface area (TPSA) is 71.5 Å². The molecule has 0 aliphatic carbocycles. The number of rotatable bonds is 3. The summed E-state index contributed by atoms with van der Waals surface area (Å²) in [6.45, 7) is 0. The average Bonchev–Trinajstić information content (AvgIpc) is 2.65. The minimum atomic E-state index is -4.65. The van der Waals surface area contributed by atoms with Gasteiger partial charge in [-0.05, 0) is 12.1 Å². The Morgan fingerprint density at radius 2 is 2.00 bits per heavy atom. The van der Waals surface area contributed by atoms with E-state index in [0.717, 1.165) is 12.1 Å². The third kappa shape index (κ3) is 2.92. The molecule has 0 unspecified atom stereocenters. The number of carbonyl (C=O) groups excluding carboxylic acids is 2. The Balaban J connectivity index is 2.21. The molecule has 1 aliphatic heterocycles. The molecule has 0 spiro atoms. The molecular weight excluding hydrogens is 315 g/mol. The van der Waals surface area contributed by atoms with Crippen molar-refractivity contribution in [2.24, 2.45) is 0 Å². The van der Waals surface area contributed by atoms with Crippen molar-refractivity contribution in [1.29, 1.82) is 0 Å². The summed E-state index contributed by atoms with van der Waals surface area (Å²) in [6.07, 6.45) is -3.71. The summed E-state index contributed by atoms with van der Waals surface area (Å²) < 4.78 is 42.2. The van der Waals surface area contributed by atoms with Crippen LogP contribution in [0.1, 0.15) is 5.56 Å². The molecule has 0 bridgehead atoms. The average molecular weight is 322 g/mol. The lowest BCUT2D eigenvalue weighted by Crippen LogP contribution is -2.37. The molecule has 21 heavy (non-hydrogen) atoms. The highest BCUT2D eigenvalue weighted by Crippen LogP contribution is 2.34. The lowest BCUT2D eigenvalue weighted by Gasteiger charge is -2.17. The molecule has 1 aromatic heterocycles. The zero-order valence-electron chi connectivity index (χ0n) is 10.4. The van der Waals surface area contributed by atoms with E-state index in [1.54, 1.807) is 0 Å². The smallest absolute Gasteiger partial charge is 0.419 e. The first-order valence-electron chi connectivity index (χ1n) is 5.38. The normalized spacial score (nSPS) is 15.3. The molecule has 6 nitrogen and oxygen atoms in total. The van der Waals surface area contributed by atoms with Crippen LogP contribution in [0.5, 0.6) is 0 Å². The highest BCUT2D eigenvalue weighted by atomic mass is 35.5. The number of ether oxygens (including phenoxy) is 1. The number of methoxy groups -OCH3 is 1. The van der Waals surface area contributed by atoms with Gasteiger partial charge in [0, 0.05) is 0 Å². The Morgan fingerprint density at radius 3 is 2.48 bits per heavy atom. The second kappa shape index (κ2) is 5.24. The number of carbonyl (C=O) groups is 2. The van der Waals surface area contributed by atoms with Crippen LogP contribution in [0.3, 0.4) is 0 Å². The largest absolute Gasteiger partial charge is 0.491 e. The van der Waals surface area contributed by atoms with Crippen molar-refractivity contribution in [2.75, 3.05) is 12.5 Å². The highest BCUT2D eigenvalue weighted by molar-refractivity contribution is 6.30. The first kappa shape index (κ1) is 15.1. The molecule has 0 saturated carbocycles. The van der Waals surface area contributed by atoms with E-state index in [0.29, 0.717) is 11.1 Å². The van der Waals surface area contributed by atoms with Gasteiger partial charge < -0.3 is 4.74 Å². The molecule has 0 radical (unpaired) electrons. The van der Waals surface area contributed by atoms with E-state index >= 15 is 0 Å². The molecule has 0 saturated heterocycles. The monoisotopic (exact) mass is 321 g/mol. The van der Waals surface area contributed by atoms with Crippen LogP contribution in [0.2, 0.25) is 5.15 Å². The van der Waals surface area contributed by atoms with Crippen molar-refractivity contribution in [3.05, 3.63) is 34.7 Å². The van der Waals surface area contributed by atoms with E-state index in [4.69, 9.17) is 11.6 Å². The minimum absolute atomic E-state index is 0.194. The molecule has 0 aromatic carbocycles. The lowest BCUT2D eigenvalue weighted by atomic mass is 10.3. The second-order valence-corrected chi connectivity index (χ2v) is 4.19. The van der Waals surface area contributed by atoms with Gasteiger partial charge in [0.05, 0.1) is 18.7 Å². The molecule has 10 heteroatoms. The predicted molar refractivity (Wildman–Crippen MR) is 64.8 cm³/mol. The number of halogens is 4. The molecule has 2 heterocycles. The molecule has 0 atom stereocenters. The number of hydrogen-bond acceptors (Lipinski definition) is 5. The van der Waals surface area contributed by atoms with Crippen molar-refractivity contribution in [1.82, 2.24) is 9.99 Å². The van der Waals surface area contributed by atoms with Crippen LogP contribution in [0.4, 0.5) is 19.0 Å². The second-order valence-electron chi connectivity index (χ2n) is 3.84. The number of aromatic nitrogens is 1. The number of amides is 2. The van der Waals surface area contributed by atoms with Gasteiger partial charge in [-0.2, -0.15) is 18.2 Å². The Kier molecular flexibility index (Phi) is 3.77. The Labute approximate surface area is 121 Å². The van der Waals surface area contributed by atoms with Crippen molar-refractivity contribution in [3.8, 4) is 0 Å². The fourth-order valence-corrected chi connectivity index (χ4v) is 1.78. The molecule has 1 aliphatic rings. The first-order chi connectivity index (χ1) is 9.74. The maximum Gasteiger partial charge on any atom is 0.419 e. The highest BCUT2D eigenvalue weighted by Gasteiger charge is 2.35. The number of hydrazine groups is 1. The molecule has 0 fully saturated rings. The van der Waals surface area contributed by atoms with Gasteiger partial charge in [-0.25, -0.2) is 4.98 Å². The van der Waals surface area contributed by atoms with Gasteiger partial charge in [0.2, 0.25) is 0 Å². The van der Waals surface area contributed by atoms with E-state index in [1.165, 1.54) is 7.11 Å². The van der Waals surface area contributed by atoms with Crippen molar-refractivity contribution < 1.29 is 27.5 Å². The van der Waals surface area contributed by atoms with Crippen molar-refractivity contribution in [3.63, 3.8) is 0 Å². The van der Waals surface area contributed by atoms with E-state index in [1.807, 2.05) is 0 Å². The quantitative estimate of drug-likeness (QED) is 0.681. The number of nitrogens with one attached hydrogen (secondary N) is 1. The summed E-state index contributed by atoms with van der Waals surface area (Å²) in [5, 5.41) is -0.253. The zero-order chi connectivity index (χ0) is 15.8. The number of imide groups is 1. The van der Waals surface area contributed by atoms with Crippen molar-refractivity contribution in [2.45, 2.75) is 6.18 Å². The maximum absolute atomic E-state index is 12.5. The number of alkyl halides is 3. The van der Waals surface area contributed by atoms with Gasteiger partial charge >= 0.3 is 12.1 Å². The van der Waals surface area contributed by atoms with Crippen LogP contribution in [-0.2, 0) is 20.5 Å². The molecule has 1 aromatic rings. The fraction of sp³-hybridized carbons (Fsp3) is 0.182. The van der Waals surface area contributed by atoms with E-state index in [2.05, 4.69) is 15.1 Å². The minimum Gasteiger partial charge on any atom is -0.491 e. The lowest BCUT2D eigenvalue weighted by molar-refractivity contribution is -0.138. The number of nitrogens with zero attached hydrogens (tertiary/aromatic N) is 2. The first-order valence-corrected chi connectivity index (χ1v) is 5.76. The van der Waals surface area contributed by atoms with Crippen LogP contribution >= 0.6 is 11.6 Å². The van der Waals surface area contributed by atoms with Gasteiger partial charge in [0.25, 0.3) is 5.91 Å². The Hall–Kier alpha value is -2.29. The summed E-state index contributed by atoms with van der Waals surface area (Å²) in [5.74, 6) is -1.93. The third-order valence-corrected chi connectivity index (χ3v) is 2.78. The summed E-state index contributed by atoms with van der Waals surface area (Å²) in [4.78, 5) is 26.6. The van der Waals surface area contributed by atoms with Gasteiger partial charge in [-0.15, -0.1) is 0 Å². The SMILES string of the molecule is COC1=CC(=O)N(Nc2ccc(C(F)(F)F)c(Cl)n2)C1=O. The number of pyridine rings is 1. The Bertz CT molecular complexity index is 645. The van der Waals surface area contributed by atoms with Gasteiger partial charge in [-0.3, -0.25) is 15.0 Å². The molecular formula is C11H7ClF3N3O3. The molecule has 2 rings (SSSR count). The summed E-state index contributed by atoms with van der Waals surface area (Å²) in [5.41, 5.74) is 1.14. The molecule has 2 amide bonds. The van der Waals surface area contributed by atoms with Crippen LogP contribution in [0, 0.1) is 0 Å². The van der Waals surface area contributed by atoms with Crippen LogP contribution in [0.25, 0.3) is 0 Å². The van der Waals surface area contributed by atoms with Crippen molar-refractivity contribution >= 4 is 29.2 Å². The maximum atomic E-state index is 12.5. The summed E-state index contributed by atoms with van der Waals surface area (Å²) in [7, 11) is 1.20. The zero-order valence-corrected chi connectivity index (χ0v) is 11.1. The number of anilines is 1. The fourth-order valence-electron chi connectivity index (χ4n) is 1.52. The third-order valence-electron chi connectivity index (χ3n) is 2.49. The predicted octanol–water partition coefficient (Wildman–Crippen LogP) is 1.98. The van der Waals surface area contributed by atoms with Crippen LogP contribution in [0.15, 0.2) is 24.0 Å². The van der Waals surface area contributed by atoms with Crippen LogP contribution in [-0.4, -0.2) is 28.9 Å². The van der Waals surface area contributed by atoms with Crippen LogP contribution < -0.4 is 5.43 Å². The van der Waals surface area contributed by atoms with Gasteiger partial charge in [-0.1, -0.05) is 11.6 Å². The molecule has 112 valence electrons. The summed E-state index contributed by atoms with van der Waals surface area (Å²) in [6, 6.07) is 1.63. The number of hydrogen-bond donors (Lipinski definition) is 1. The van der Waals surface area contributed by atoms with Gasteiger partial charge in [0.15, 0.2) is 5.76 Å². The van der Waals surface area contributed by atoms with E-state index < -0.39 is 28.7 Å².